The van der Waals surface area contributed by atoms with Gasteiger partial charge in [0.05, 0.1) is 25.2 Å². The number of phenols is 1. The summed E-state index contributed by atoms with van der Waals surface area (Å²) in [6.45, 7) is 7.48. The number of aryl methyl sites for hydroxylation is 1. The summed E-state index contributed by atoms with van der Waals surface area (Å²) in [5, 5.41) is 12.2. The van der Waals surface area contributed by atoms with E-state index < -0.39 is 5.82 Å². The first-order valence-corrected chi connectivity index (χ1v) is 17.6. The third-order valence-electron chi connectivity index (χ3n) is 11.1. The SMILES string of the molecule is CCc1c(F)ccc2cc(O)cc(-c3ncc4c(N5CCCOCC5)nc(OCC56CCCC5N(C5CCOC5)CCC6)nc4c3F)c12. The van der Waals surface area contributed by atoms with Crippen molar-refractivity contribution < 1.29 is 28.1 Å². The van der Waals surface area contributed by atoms with Gasteiger partial charge in [0.1, 0.15) is 28.6 Å². The molecule has 48 heavy (non-hydrogen) atoms. The molecule has 1 saturated carbocycles. The molecule has 254 valence electrons. The van der Waals surface area contributed by atoms with Gasteiger partial charge in [-0.1, -0.05) is 19.4 Å². The van der Waals surface area contributed by atoms with Gasteiger partial charge in [-0.15, -0.1) is 0 Å². The topological polar surface area (TPSA) is 93.1 Å². The normalized spacial score (nSPS) is 25.1. The number of pyridine rings is 1. The van der Waals surface area contributed by atoms with Crippen molar-refractivity contribution in [2.24, 2.45) is 5.41 Å². The third-order valence-corrected chi connectivity index (χ3v) is 11.1. The Balaban J connectivity index is 1.22. The van der Waals surface area contributed by atoms with Crippen molar-refractivity contribution in [1.82, 2.24) is 19.9 Å². The summed E-state index contributed by atoms with van der Waals surface area (Å²) in [6, 6.07) is 7.00. The van der Waals surface area contributed by atoms with Crippen molar-refractivity contribution >= 4 is 27.5 Å². The molecule has 4 aromatic rings. The summed E-state index contributed by atoms with van der Waals surface area (Å²) in [5.74, 6) is -0.533. The highest BCUT2D eigenvalue weighted by molar-refractivity contribution is 6.01. The summed E-state index contributed by atoms with van der Waals surface area (Å²) >= 11 is 0. The van der Waals surface area contributed by atoms with Crippen LogP contribution in [0.5, 0.6) is 11.8 Å². The Morgan fingerprint density at radius 1 is 1.00 bits per heavy atom. The molecule has 4 fully saturated rings. The molecule has 0 spiro atoms. The average Bonchev–Trinajstić information content (AvgIpc) is 3.72. The molecule has 9 nitrogen and oxygen atoms in total. The largest absolute Gasteiger partial charge is 0.508 e. The number of ether oxygens (including phenoxy) is 3. The number of benzene rings is 2. The van der Waals surface area contributed by atoms with Gasteiger partial charge in [-0.2, -0.15) is 9.97 Å². The van der Waals surface area contributed by atoms with Crippen LogP contribution in [0.3, 0.4) is 0 Å². The minimum atomic E-state index is -0.660. The number of piperidine rings is 1. The fraction of sp³-hybridized carbons (Fsp3) is 0.541. The van der Waals surface area contributed by atoms with E-state index in [1.165, 1.54) is 12.1 Å². The summed E-state index contributed by atoms with van der Waals surface area (Å²) in [5.41, 5.74) is 0.826. The number of phenolic OH excluding ortho intramolecular Hbond substituents is 1. The minimum absolute atomic E-state index is 0.00495. The Hall–Kier alpha value is -3.67. The zero-order valence-electron chi connectivity index (χ0n) is 27.5. The van der Waals surface area contributed by atoms with E-state index in [0.29, 0.717) is 84.5 Å². The smallest absolute Gasteiger partial charge is 0.319 e. The van der Waals surface area contributed by atoms with Crippen LogP contribution in [0.15, 0.2) is 30.5 Å². The van der Waals surface area contributed by atoms with Crippen LogP contribution in [-0.4, -0.2) is 89.7 Å². The van der Waals surface area contributed by atoms with Crippen molar-refractivity contribution in [2.75, 3.05) is 57.6 Å². The van der Waals surface area contributed by atoms with Gasteiger partial charge < -0.3 is 24.2 Å². The summed E-state index contributed by atoms with van der Waals surface area (Å²) in [4.78, 5) is 19.0. The van der Waals surface area contributed by atoms with Gasteiger partial charge in [-0.25, -0.2) is 8.78 Å². The van der Waals surface area contributed by atoms with E-state index >= 15 is 8.78 Å². The number of rotatable bonds is 7. The molecule has 5 heterocycles. The molecule has 2 aromatic carbocycles. The highest BCUT2D eigenvalue weighted by Crippen LogP contribution is 2.49. The van der Waals surface area contributed by atoms with Crippen molar-refractivity contribution in [3.8, 4) is 23.0 Å². The number of aromatic hydroxyl groups is 1. The second-order valence-corrected chi connectivity index (χ2v) is 13.9. The lowest BCUT2D eigenvalue weighted by Gasteiger charge is -2.48. The monoisotopic (exact) mass is 659 g/mol. The Kier molecular flexibility index (Phi) is 8.54. The van der Waals surface area contributed by atoms with Crippen molar-refractivity contribution in [3.63, 3.8) is 0 Å². The standard InChI is InChI=1S/C37H43F2N5O4/c1-2-26-29(38)8-7-23-18-25(45)19-27(31(23)26)33-32(39)34-28(20-40-33)35(43-12-5-15-46-17-14-43)42-36(41-34)48-22-37-10-3-6-30(37)44(13-4-11-37)24-9-16-47-21-24/h7-8,18-20,24,30,45H,2-6,9-17,21-22H2,1H3. The Bertz CT molecular complexity index is 1830. The molecule has 8 rings (SSSR count). The molecule has 11 heteroatoms. The van der Waals surface area contributed by atoms with E-state index in [0.717, 1.165) is 64.7 Å². The maximum absolute atomic E-state index is 16.9. The molecule has 0 bridgehead atoms. The molecule has 1 N–H and O–H groups in total. The van der Waals surface area contributed by atoms with Crippen LogP contribution in [-0.2, 0) is 15.9 Å². The van der Waals surface area contributed by atoms with Crippen LogP contribution < -0.4 is 9.64 Å². The maximum Gasteiger partial charge on any atom is 0.319 e. The van der Waals surface area contributed by atoms with E-state index in [-0.39, 0.29) is 34.2 Å². The number of hydrogen-bond acceptors (Lipinski definition) is 9. The maximum atomic E-state index is 16.9. The second-order valence-electron chi connectivity index (χ2n) is 13.9. The summed E-state index contributed by atoms with van der Waals surface area (Å²) in [6.07, 6.45) is 9.42. The third kappa shape index (κ3) is 5.53. The Morgan fingerprint density at radius 3 is 2.75 bits per heavy atom. The summed E-state index contributed by atoms with van der Waals surface area (Å²) in [7, 11) is 0. The molecule has 1 aliphatic carbocycles. The van der Waals surface area contributed by atoms with Crippen molar-refractivity contribution in [2.45, 2.75) is 70.4 Å². The fourth-order valence-electron chi connectivity index (χ4n) is 8.87. The molecule has 4 aliphatic rings. The first-order valence-electron chi connectivity index (χ1n) is 17.6. The summed E-state index contributed by atoms with van der Waals surface area (Å²) < 4.78 is 50.0. The first-order chi connectivity index (χ1) is 23.5. The molecule has 0 amide bonds. The number of fused-ring (bicyclic) bond motifs is 3. The molecule has 2 aromatic heterocycles. The second kappa shape index (κ2) is 13.0. The first kappa shape index (κ1) is 31.6. The van der Waals surface area contributed by atoms with Crippen LogP contribution in [0.1, 0.15) is 57.4 Å². The van der Waals surface area contributed by atoms with Gasteiger partial charge in [-0.05, 0) is 86.0 Å². The number of nitrogens with zero attached hydrogens (tertiary/aromatic N) is 5. The molecule has 3 aliphatic heterocycles. The molecule has 3 unspecified atom stereocenters. The predicted molar refractivity (Wildman–Crippen MR) is 180 cm³/mol. The molecular formula is C37H43F2N5O4. The van der Waals surface area contributed by atoms with Gasteiger partial charge in [0.25, 0.3) is 0 Å². The zero-order valence-corrected chi connectivity index (χ0v) is 27.5. The van der Waals surface area contributed by atoms with Gasteiger partial charge in [0, 0.05) is 55.6 Å². The van der Waals surface area contributed by atoms with Crippen LogP contribution >= 0.6 is 0 Å². The number of aromatic nitrogens is 3. The van der Waals surface area contributed by atoms with Crippen molar-refractivity contribution in [1.29, 1.82) is 0 Å². The number of hydrogen-bond donors (Lipinski definition) is 1. The Labute approximate surface area is 279 Å². The van der Waals surface area contributed by atoms with Gasteiger partial charge >= 0.3 is 6.01 Å². The highest BCUT2D eigenvalue weighted by atomic mass is 19.1. The van der Waals surface area contributed by atoms with E-state index in [2.05, 4.69) is 14.8 Å². The van der Waals surface area contributed by atoms with Crippen LogP contribution in [0.25, 0.3) is 32.9 Å². The van der Waals surface area contributed by atoms with E-state index in [1.807, 2.05) is 6.92 Å². The van der Waals surface area contributed by atoms with Gasteiger partial charge in [0.2, 0.25) is 0 Å². The van der Waals surface area contributed by atoms with E-state index in [1.54, 1.807) is 18.3 Å². The van der Waals surface area contributed by atoms with Gasteiger partial charge in [-0.3, -0.25) is 9.88 Å². The predicted octanol–water partition coefficient (Wildman–Crippen LogP) is 6.42. The quantitative estimate of drug-likeness (QED) is 0.241. The molecular weight excluding hydrogens is 616 g/mol. The number of likely N-dealkylation sites (tertiary alicyclic amines) is 1. The van der Waals surface area contributed by atoms with E-state index in [9.17, 15) is 5.11 Å². The minimum Gasteiger partial charge on any atom is -0.508 e. The van der Waals surface area contributed by atoms with Crippen LogP contribution in [0.4, 0.5) is 14.6 Å². The number of anilines is 1. The lowest BCUT2D eigenvalue weighted by atomic mass is 9.75. The lowest BCUT2D eigenvalue weighted by molar-refractivity contribution is -0.0240. The lowest BCUT2D eigenvalue weighted by Crippen LogP contribution is -2.55. The fourth-order valence-corrected chi connectivity index (χ4v) is 8.87. The van der Waals surface area contributed by atoms with Crippen molar-refractivity contribution in [3.05, 3.63) is 47.7 Å². The van der Waals surface area contributed by atoms with Gasteiger partial charge in [0.15, 0.2) is 5.82 Å². The van der Waals surface area contributed by atoms with Crippen LogP contribution in [0, 0.1) is 17.0 Å². The highest BCUT2D eigenvalue weighted by Gasteiger charge is 2.50. The molecule has 3 atom stereocenters. The van der Waals surface area contributed by atoms with Crippen LogP contribution in [0.2, 0.25) is 0 Å². The Morgan fingerprint density at radius 2 is 1.90 bits per heavy atom. The number of halogens is 2. The van der Waals surface area contributed by atoms with E-state index in [4.69, 9.17) is 24.2 Å². The molecule has 3 saturated heterocycles. The zero-order chi connectivity index (χ0) is 32.8. The average molecular weight is 660 g/mol. The molecule has 0 radical (unpaired) electrons.